The third-order valence-electron chi connectivity index (χ3n) is 2.68. The van der Waals surface area contributed by atoms with Gasteiger partial charge in [0.05, 0.1) is 5.92 Å². The first-order chi connectivity index (χ1) is 7.56. The molecule has 1 saturated carbocycles. The van der Waals surface area contributed by atoms with Crippen molar-refractivity contribution in [2.45, 2.75) is 12.8 Å². The molecule has 0 bridgehead atoms. The summed E-state index contributed by atoms with van der Waals surface area (Å²) in [6.07, 6.45) is 2.37. The van der Waals surface area contributed by atoms with Gasteiger partial charge in [-0.2, -0.15) is 0 Å². The molecule has 0 spiro atoms. The van der Waals surface area contributed by atoms with Crippen molar-refractivity contribution < 1.29 is 18.7 Å². The molecule has 1 aromatic rings. The van der Waals surface area contributed by atoms with Crippen LogP contribution >= 0.6 is 0 Å². The second-order valence-corrected chi connectivity index (χ2v) is 3.91. The predicted molar refractivity (Wildman–Crippen MR) is 54.7 cm³/mol. The van der Waals surface area contributed by atoms with E-state index in [1.807, 2.05) is 0 Å². The van der Waals surface area contributed by atoms with Crippen LogP contribution in [0.25, 0.3) is 6.08 Å². The molecule has 1 N–H and O–H groups in total. The zero-order valence-corrected chi connectivity index (χ0v) is 8.41. The molecular formula is C12H10F2O2. The van der Waals surface area contributed by atoms with E-state index in [1.165, 1.54) is 6.08 Å². The topological polar surface area (TPSA) is 37.3 Å². The Balaban J connectivity index is 2.13. The Morgan fingerprint density at radius 2 is 2.06 bits per heavy atom. The Morgan fingerprint density at radius 3 is 2.69 bits per heavy atom. The minimum atomic E-state index is -0.836. The number of benzene rings is 1. The van der Waals surface area contributed by atoms with Gasteiger partial charge in [-0.25, -0.2) is 8.78 Å². The number of aliphatic carboxylic acids is 1. The van der Waals surface area contributed by atoms with E-state index in [4.69, 9.17) is 5.11 Å². The minimum absolute atomic E-state index is 0.179. The summed E-state index contributed by atoms with van der Waals surface area (Å²) < 4.78 is 26.1. The molecule has 0 saturated heterocycles. The van der Waals surface area contributed by atoms with Crippen LogP contribution in [0.5, 0.6) is 0 Å². The highest BCUT2D eigenvalue weighted by Gasteiger charge is 2.29. The number of carboxylic acids is 1. The highest BCUT2D eigenvalue weighted by Crippen LogP contribution is 2.34. The molecular weight excluding hydrogens is 214 g/mol. The van der Waals surface area contributed by atoms with Crippen LogP contribution in [0.15, 0.2) is 23.8 Å². The number of halogens is 2. The third-order valence-corrected chi connectivity index (χ3v) is 2.68. The summed E-state index contributed by atoms with van der Waals surface area (Å²) in [7, 11) is 0. The molecule has 0 radical (unpaired) electrons. The SMILES string of the molecule is O=C(O)C1CC(=Cc2cc(F)ccc2F)C1. The highest BCUT2D eigenvalue weighted by molar-refractivity contribution is 5.74. The second kappa shape index (κ2) is 4.04. The fraction of sp³-hybridized carbons (Fsp3) is 0.250. The summed E-state index contributed by atoms with van der Waals surface area (Å²) in [5.74, 6) is -2.20. The average Bonchev–Trinajstić information content (AvgIpc) is 2.15. The van der Waals surface area contributed by atoms with Crippen LogP contribution in [0.4, 0.5) is 8.78 Å². The Morgan fingerprint density at radius 1 is 1.38 bits per heavy atom. The van der Waals surface area contributed by atoms with Crippen molar-refractivity contribution in [2.24, 2.45) is 5.92 Å². The molecule has 1 aromatic carbocycles. The molecule has 1 fully saturated rings. The summed E-state index contributed by atoms with van der Waals surface area (Å²) in [5, 5.41) is 8.65. The zero-order chi connectivity index (χ0) is 11.7. The van der Waals surface area contributed by atoms with Gasteiger partial charge in [0.15, 0.2) is 0 Å². The number of hydrogen-bond donors (Lipinski definition) is 1. The number of carbonyl (C=O) groups is 1. The van der Waals surface area contributed by atoms with Crippen LogP contribution in [-0.4, -0.2) is 11.1 Å². The molecule has 4 heteroatoms. The van der Waals surface area contributed by atoms with Crippen molar-refractivity contribution in [1.29, 1.82) is 0 Å². The lowest BCUT2D eigenvalue weighted by molar-refractivity contribution is -0.143. The van der Waals surface area contributed by atoms with Crippen LogP contribution < -0.4 is 0 Å². The lowest BCUT2D eigenvalue weighted by Gasteiger charge is -2.25. The van der Waals surface area contributed by atoms with Crippen molar-refractivity contribution >= 4 is 12.0 Å². The van der Waals surface area contributed by atoms with Gasteiger partial charge in [-0.05, 0) is 31.0 Å². The van der Waals surface area contributed by atoms with Crippen molar-refractivity contribution in [1.82, 2.24) is 0 Å². The summed E-state index contributed by atoms with van der Waals surface area (Å²) in [6, 6.07) is 3.23. The van der Waals surface area contributed by atoms with E-state index in [0.717, 1.165) is 23.8 Å². The van der Waals surface area contributed by atoms with Gasteiger partial charge in [0.2, 0.25) is 0 Å². The van der Waals surface area contributed by atoms with Crippen molar-refractivity contribution in [3.8, 4) is 0 Å². The Kier molecular flexibility index (Phi) is 2.73. The van der Waals surface area contributed by atoms with E-state index in [0.29, 0.717) is 12.8 Å². The van der Waals surface area contributed by atoms with Gasteiger partial charge < -0.3 is 5.11 Å². The Bertz CT molecular complexity index is 458. The number of allylic oxidation sites excluding steroid dienone is 1. The molecule has 0 amide bonds. The molecule has 0 atom stereocenters. The fourth-order valence-corrected chi connectivity index (χ4v) is 1.71. The monoisotopic (exact) mass is 224 g/mol. The number of rotatable bonds is 2. The van der Waals surface area contributed by atoms with Crippen molar-refractivity contribution in [2.75, 3.05) is 0 Å². The first-order valence-electron chi connectivity index (χ1n) is 4.93. The van der Waals surface area contributed by atoms with Crippen LogP contribution in [0.3, 0.4) is 0 Å². The van der Waals surface area contributed by atoms with Gasteiger partial charge in [-0.15, -0.1) is 0 Å². The van der Waals surface area contributed by atoms with Gasteiger partial charge >= 0.3 is 5.97 Å². The fourth-order valence-electron chi connectivity index (χ4n) is 1.71. The zero-order valence-electron chi connectivity index (χ0n) is 8.41. The number of hydrogen-bond acceptors (Lipinski definition) is 1. The molecule has 16 heavy (non-hydrogen) atoms. The first kappa shape index (κ1) is 10.8. The molecule has 1 aliphatic rings. The van der Waals surface area contributed by atoms with Gasteiger partial charge in [0.25, 0.3) is 0 Å². The van der Waals surface area contributed by atoms with Gasteiger partial charge in [-0.1, -0.05) is 11.6 Å². The molecule has 2 rings (SSSR count). The largest absolute Gasteiger partial charge is 0.481 e. The minimum Gasteiger partial charge on any atom is -0.481 e. The number of carboxylic acid groups (broad SMARTS) is 1. The summed E-state index contributed by atoms with van der Waals surface area (Å²) >= 11 is 0. The van der Waals surface area contributed by atoms with Crippen molar-refractivity contribution in [3.05, 3.63) is 41.0 Å². The summed E-state index contributed by atoms with van der Waals surface area (Å²) in [4.78, 5) is 10.5. The lowest BCUT2D eigenvalue weighted by Crippen LogP contribution is -2.23. The smallest absolute Gasteiger partial charge is 0.307 e. The maximum atomic E-state index is 13.2. The predicted octanol–water partition coefficient (Wildman–Crippen LogP) is 2.84. The van der Waals surface area contributed by atoms with E-state index in [9.17, 15) is 13.6 Å². The molecule has 0 heterocycles. The molecule has 84 valence electrons. The van der Waals surface area contributed by atoms with Gasteiger partial charge in [0, 0.05) is 5.56 Å². The molecule has 2 nitrogen and oxygen atoms in total. The van der Waals surface area contributed by atoms with E-state index in [1.54, 1.807) is 0 Å². The van der Waals surface area contributed by atoms with Crippen LogP contribution in [0.2, 0.25) is 0 Å². The Hall–Kier alpha value is -1.71. The van der Waals surface area contributed by atoms with E-state index in [-0.39, 0.29) is 11.5 Å². The maximum Gasteiger partial charge on any atom is 0.307 e. The maximum absolute atomic E-state index is 13.2. The van der Waals surface area contributed by atoms with E-state index in [2.05, 4.69) is 0 Å². The van der Waals surface area contributed by atoms with Crippen molar-refractivity contribution in [3.63, 3.8) is 0 Å². The van der Waals surface area contributed by atoms with Crippen LogP contribution in [0.1, 0.15) is 18.4 Å². The standard InChI is InChI=1S/C12H10F2O2/c13-10-1-2-11(14)8(6-10)3-7-4-9(5-7)12(15)16/h1-3,6,9H,4-5H2,(H,15,16). The van der Waals surface area contributed by atoms with Gasteiger partial charge in [-0.3, -0.25) is 4.79 Å². The molecule has 0 unspecified atom stereocenters. The first-order valence-corrected chi connectivity index (χ1v) is 4.93. The molecule has 0 aromatic heterocycles. The summed E-state index contributed by atoms with van der Waals surface area (Å²) in [6.45, 7) is 0. The van der Waals surface area contributed by atoms with Crippen LogP contribution in [0, 0.1) is 17.6 Å². The molecule has 0 aliphatic heterocycles. The van der Waals surface area contributed by atoms with E-state index < -0.39 is 17.6 Å². The lowest BCUT2D eigenvalue weighted by atomic mass is 9.79. The second-order valence-electron chi connectivity index (χ2n) is 3.91. The van der Waals surface area contributed by atoms with Crippen LogP contribution in [-0.2, 0) is 4.79 Å². The third kappa shape index (κ3) is 2.10. The average molecular weight is 224 g/mol. The van der Waals surface area contributed by atoms with E-state index >= 15 is 0 Å². The quantitative estimate of drug-likeness (QED) is 0.838. The summed E-state index contributed by atoms with van der Waals surface area (Å²) in [5.41, 5.74) is 1.02. The Labute approximate surface area is 91.2 Å². The van der Waals surface area contributed by atoms with Gasteiger partial charge in [0.1, 0.15) is 11.6 Å². The normalized spacial score (nSPS) is 19.1. The molecule has 1 aliphatic carbocycles. The highest BCUT2D eigenvalue weighted by atomic mass is 19.1.